The minimum atomic E-state index is 0.250. The summed E-state index contributed by atoms with van der Waals surface area (Å²) in [7, 11) is 0. The van der Waals surface area contributed by atoms with Crippen LogP contribution < -0.4 is 10.1 Å². The van der Waals surface area contributed by atoms with Crippen LogP contribution in [0.5, 0.6) is 5.75 Å². The minimum Gasteiger partial charge on any atom is -0.482 e. The second kappa shape index (κ2) is 6.47. The molecular weight excluding hydrogens is 256 g/mol. The van der Waals surface area contributed by atoms with E-state index in [1.807, 2.05) is 19.1 Å². The topological polar surface area (TPSA) is 73.1 Å². The Morgan fingerprint density at radius 2 is 2.05 bits per heavy atom. The first-order valence-corrected chi connectivity index (χ1v) is 6.66. The predicted octanol–water partition coefficient (Wildman–Crippen LogP) is 2.16. The van der Waals surface area contributed by atoms with Crippen LogP contribution in [-0.2, 0) is 13.2 Å². The molecule has 6 nitrogen and oxygen atoms in total. The minimum absolute atomic E-state index is 0.250. The molecule has 0 saturated heterocycles. The zero-order chi connectivity index (χ0) is 14.5. The Balaban J connectivity index is 2.05. The van der Waals surface area contributed by atoms with E-state index in [9.17, 15) is 0 Å². The Morgan fingerprint density at radius 1 is 1.25 bits per heavy atom. The van der Waals surface area contributed by atoms with Crippen LogP contribution in [0.1, 0.15) is 37.0 Å². The Labute approximate surface area is 118 Å². The summed E-state index contributed by atoms with van der Waals surface area (Å²) in [5.41, 5.74) is 1.85. The van der Waals surface area contributed by atoms with Gasteiger partial charge >= 0.3 is 0 Å². The molecule has 2 aromatic heterocycles. The lowest BCUT2D eigenvalue weighted by Crippen LogP contribution is -2.23. The molecule has 2 rings (SSSR count). The summed E-state index contributed by atoms with van der Waals surface area (Å²) in [6, 6.07) is 4.24. The van der Waals surface area contributed by atoms with Gasteiger partial charge in [-0.1, -0.05) is 19.0 Å². The molecule has 0 spiro atoms. The number of hydrogen-bond acceptors (Lipinski definition) is 6. The monoisotopic (exact) mass is 276 g/mol. The van der Waals surface area contributed by atoms with E-state index >= 15 is 0 Å². The molecule has 0 radical (unpaired) electrons. The number of ether oxygens (including phenoxy) is 1. The van der Waals surface area contributed by atoms with Crippen LogP contribution in [-0.4, -0.2) is 21.2 Å². The lowest BCUT2D eigenvalue weighted by Gasteiger charge is -2.12. The van der Waals surface area contributed by atoms with Crippen molar-refractivity contribution < 1.29 is 9.26 Å². The van der Waals surface area contributed by atoms with Gasteiger partial charge in [-0.25, -0.2) is 0 Å². The number of hydrogen-bond donors (Lipinski definition) is 1. The lowest BCUT2D eigenvalue weighted by molar-refractivity contribution is 0.239. The number of aromatic nitrogens is 3. The summed E-state index contributed by atoms with van der Waals surface area (Å²) in [6.07, 6.45) is 0. The molecule has 0 aliphatic carbocycles. The van der Waals surface area contributed by atoms with Gasteiger partial charge in [-0.15, -0.1) is 0 Å². The summed E-state index contributed by atoms with van der Waals surface area (Å²) in [6.45, 7) is 8.84. The third-order valence-corrected chi connectivity index (χ3v) is 2.67. The van der Waals surface area contributed by atoms with Gasteiger partial charge in [0.2, 0.25) is 0 Å². The van der Waals surface area contributed by atoms with Gasteiger partial charge < -0.3 is 14.6 Å². The number of nitrogens with zero attached hydrogens (tertiary/aromatic N) is 3. The number of pyridine rings is 1. The Morgan fingerprint density at radius 3 is 2.70 bits per heavy atom. The molecule has 0 aliphatic rings. The van der Waals surface area contributed by atoms with Gasteiger partial charge in [-0.05, 0) is 26.0 Å². The third-order valence-electron chi connectivity index (χ3n) is 2.67. The predicted molar refractivity (Wildman–Crippen MR) is 74.3 cm³/mol. The SMILES string of the molecule is Cc1ccc(OCc2nc(C)no2)c(CNC(C)C)n1. The summed E-state index contributed by atoms with van der Waals surface area (Å²) >= 11 is 0. The summed E-state index contributed by atoms with van der Waals surface area (Å²) in [5.74, 6) is 1.80. The standard InChI is InChI=1S/C14H20N4O2/c1-9(2)15-7-12-13(6-5-10(3)16-12)19-8-14-17-11(4)18-20-14/h5-6,9,15H,7-8H2,1-4H3. The van der Waals surface area contributed by atoms with Crippen molar-refractivity contribution in [1.29, 1.82) is 0 Å². The Kier molecular flexibility index (Phi) is 4.68. The molecule has 0 amide bonds. The second-order valence-corrected chi connectivity index (χ2v) is 4.96. The van der Waals surface area contributed by atoms with E-state index in [2.05, 4.69) is 34.3 Å². The van der Waals surface area contributed by atoms with Gasteiger partial charge in [0.1, 0.15) is 5.75 Å². The molecule has 0 bridgehead atoms. The van der Waals surface area contributed by atoms with Crippen LogP contribution in [0.4, 0.5) is 0 Å². The summed E-state index contributed by atoms with van der Waals surface area (Å²) in [5, 5.41) is 7.07. The zero-order valence-corrected chi connectivity index (χ0v) is 12.3. The highest BCUT2D eigenvalue weighted by atomic mass is 16.5. The molecule has 0 aliphatic heterocycles. The molecule has 2 aromatic rings. The highest BCUT2D eigenvalue weighted by Gasteiger charge is 2.09. The Hall–Kier alpha value is -1.95. The van der Waals surface area contributed by atoms with E-state index in [4.69, 9.17) is 9.26 Å². The van der Waals surface area contributed by atoms with E-state index < -0.39 is 0 Å². The largest absolute Gasteiger partial charge is 0.482 e. The quantitative estimate of drug-likeness (QED) is 0.871. The van der Waals surface area contributed by atoms with Gasteiger partial charge in [0.15, 0.2) is 12.4 Å². The van der Waals surface area contributed by atoms with Crippen molar-refractivity contribution in [2.45, 2.75) is 46.9 Å². The average Bonchev–Trinajstić information content (AvgIpc) is 2.81. The van der Waals surface area contributed by atoms with E-state index in [1.165, 1.54) is 0 Å². The van der Waals surface area contributed by atoms with Crippen molar-refractivity contribution in [3.8, 4) is 5.75 Å². The van der Waals surface area contributed by atoms with Crippen molar-refractivity contribution in [2.24, 2.45) is 0 Å². The van der Waals surface area contributed by atoms with Crippen molar-refractivity contribution in [2.75, 3.05) is 0 Å². The van der Waals surface area contributed by atoms with Gasteiger partial charge in [-0.3, -0.25) is 4.98 Å². The second-order valence-electron chi connectivity index (χ2n) is 4.96. The first-order valence-electron chi connectivity index (χ1n) is 6.66. The van der Waals surface area contributed by atoms with Crippen LogP contribution in [0.2, 0.25) is 0 Å². The maximum Gasteiger partial charge on any atom is 0.264 e. The normalized spacial score (nSPS) is 11.1. The molecule has 0 fully saturated rings. The molecule has 1 N–H and O–H groups in total. The molecular formula is C14H20N4O2. The molecule has 0 unspecified atom stereocenters. The van der Waals surface area contributed by atoms with Gasteiger partial charge in [0.05, 0.1) is 5.69 Å². The van der Waals surface area contributed by atoms with Crippen molar-refractivity contribution >= 4 is 0 Å². The van der Waals surface area contributed by atoms with Gasteiger partial charge in [-0.2, -0.15) is 4.98 Å². The van der Waals surface area contributed by atoms with Crippen LogP contribution in [0.3, 0.4) is 0 Å². The maximum atomic E-state index is 5.73. The van der Waals surface area contributed by atoms with Crippen LogP contribution in [0, 0.1) is 13.8 Å². The van der Waals surface area contributed by atoms with Crippen molar-refractivity contribution in [1.82, 2.24) is 20.4 Å². The van der Waals surface area contributed by atoms with E-state index in [-0.39, 0.29) is 6.61 Å². The molecule has 20 heavy (non-hydrogen) atoms. The van der Waals surface area contributed by atoms with E-state index in [0.717, 1.165) is 17.1 Å². The van der Waals surface area contributed by atoms with E-state index in [1.54, 1.807) is 6.92 Å². The number of rotatable bonds is 6. The van der Waals surface area contributed by atoms with Gasteiger partial charge in [0, 0.05) is 18.3 Å². The fourth-order valence-corrected chi connectivity index (χ4v) is 1.69. The number of nitrogens with one attached hydrogen (secondary N) is 1. The van der Waals surface area contributed by atoms with E-state index in [0.29, 0.717) is 24.3 Å². The molecule has 0 atom stereocenters. The molecule has 0 aromatic carbocycles. The first kappa shape index (κ1) is 14.5. The molecule has 2 heterocycles. The zero-order valence-electron chi connectivity index (χ0n) is 12.3. The fourth-order valence-electron chi connectivity index (χ4n) is 1.69. The Bertz CT molecular complexity index is 566. The number of aryl methyl sites for hydroxylation is 2. The van der Waals surface area contributed by atoms with Crippen LogP contribution in [0.15, 0.2) is 16.7 Å². The molecule has 0 saturated carbocycles. The highest BCUT2D eigenvalue weighted by Crippen LogP contribution is 2.18. The van der Waals surface area contributed by atoms with Crippen LogP contribution >= 0.6 is 0 Å². The van der Waals surface area contributed by atoms with Crippen molar-refractivity contribution in [3.05, 3.63) is 35.2 Å². The lowest BCUT2D eigenvalue weighted by atomic mass is 10.2. The highest BCUT2D eigenvalue weighted by molar-refractivity contribution is 5.29. The third kappa shape index (κ3) is 4.03. The van der Waals surface area contributed by atoms with Crippen LogP contribution in [0.25, 0.3) is 0 Å². The first-order chi connectivity index (χ1) is 9.54. The summed E-state index contributed by atoms with van der Waals surface area (Å²) in [4.78, 5) is 8.62. The molecule has 6 heteroatoms. The average molecular weight is 276 g/mol. The van der Waals surface area contributed by atoms with Crippen molar-refractivity contribution in [3.63, 3.8) is 0 Å². The van der Waals surface area contributed by atoms with Gasteiger partial charge in [0.25, 0.3) is 5.89 Å². The fraction of sp³-hybridized carbons (Fsp3) is 0.500. The smallest absolute Gasteiger partial charge is 0.264 e. The maximum absolute atomic E-state index is 5.73. The summed E-state index contributed by atoms with van der Waals surface area (Å²) < 4.78 is 10.8. The molecule has 108 valence electrons.